The minimum Gasteiger partial charge on any atom is -0.455 e. The molecular formula is C40H45F3NO+. The highest BCUT2D eigenvalue weighted by atomic mass is 19.4. The Labute approximate surface area is 265 Å². The quantitative estimate of drug-likeness (QED) is 0.143. The molecular weight excluding hydrogens is 567 g/mol. The van der Waals surface area contributed by atoms with Gasteiger partial charge in [0.05, 0.1) is 16.4 Å². The van der Waals surface area contributed by atoms with Crippen molar-refractivity contribution in [2.75, 3.05) is 0 Å². The van der Waals surface area contributed by atoms with Crippen LogP contribution in [-0.2, 0) is 26.3 Å². The second kappa shape index (κ2) is 10.2. The van der Waals surface area contributed by atoms with Crippen molar-refractivity contribution >= 4 is 32.3 Å². The Bertz CT molecular complexity index is 2000. The maximum absolute atomic E-state index is 14.0. The molecule has 2 heterocycles. The number of pyridine rings is 1. The highest BCUT2D eigenvalue weighted by Crippen LogP contribution is 2.53. The summed E-state index contributed by atoms with van der Waals surface area (Å²) in [5.74, 6) is 1.56. The lowest BCUT2D eigenvalue weighted by Crippen LogP contribution is -2.34. The van der Waals surface area contributed by atoms with Gasteiger partial charge in [0.15, 0.2) is 6.20 Å². The molecule has 5 aromatic rings. The van der Waals surface area contributed by atoms with E-state index in [1.165, 1.54) is 41.3 Å². The highest BCUT2D eigenvalue weighted by molar-refractivity contribution is 6.16. The summed E-state index contributed by atoms with van der Waals surface area (Å²) < 4.78 is 51.2. The van der Waals surface area contributed by atoms with E-state index in [9.17, 15) is 13.2 Å². The van der Waals surface area contributed by atoms with Gasteiger partial charge in [-0.3, -0.25) is 0 Å². The summed E-state index contributed by atoms with van der Waals surface area (Å²) in [6.45, 7) is 18.3. The minimum atomic E-state index is -4.32. The van der Waals surface area contributed by atoms with E-state index in [-0.39, 0.29) is 17.3 Å². The predicted octanol–water partition coefficient (Wildman–Crippen LogP) is 11.4. The monoisotopic (exact) mass is 612 g/mol. The Morgan fingerprint density at radius 3 is 2.04 bits per heavy atom. The number of rotatable bonds is 4. The molecule has 0 fully saturated rings. The van der Waals surface area contributed by atoms with Crippen LogP contribution in [0.25, 0.3) is 43.6 Å². The van der Waals surface area contributed by atoms with Crippen molar-refractivity contribution < 1.29 is 22.5 Å². The van der Waals surface area contributed by atoms with Gasteiger partial charge < -0.3 is 4.74 Å². The highest BCUT2D eigenvalue weighted by Gasteiger charge is 2.47. The molecule has 1 aromatic heterocycles. The van der Waals surface area contributed by atoms with E-state index < -0.39 is 11.6 Å². The summed E-state index contributed by atoms with van der Waals surface area (Å²) in [5, 5.41) is 6.19. The Hall–Kier alpha value is -3.60. The first-order valence-corrected chi connectivity index (χ1v) is 16.0. The van der Waals surface area contributed by atoms with Gasteiger partial charge in [0, 0.05) is 17.0 Å². The van der Waals surface area contributed by atoms with Crippen LogP contribution < -0.4 is 9.30 Å². The normalized spacial score (nSPS) is 13.9. The second-order valence-corrected chi connectivity index (χ2v) is 16.3. The van der Waals surface area contributed by atoms with Crippen LogP contribution in [0.15, 0.2) is 54.7 Å². The molecule has 0 aliphatic carbocycles. The average Bonchev–Trinajstić information content (AvgIpc) is 2.90. The number of aryl methyl sites for hydroxylation is 2. The molecule has 1 aliphatic rings. The Morgan fingerprint density at radius 1 is 0.711 bits per heavy atom. The summed E-state index contributed by atoms with van der Waals surface area (Å²) in [5.41, 5.74) is 4.84. The van der Waals surface area contributed by atoms with Crippen molar-refractivity contribution in [3.8, 4) is 22.8 Å². The van der Waals surface area contributed by atoms with Crippen molar-refractivity contribution in [1.29, 1.82) is 0 Å². The lowest BCUT2D eigenvalue weighted by Gasteiger charge is -2.30. The third-order valence-electron chi connectivity index (χ3n) is 9.31. The number of hydrogen-bond donors (Lipinski definition) is 0. The van der Waals surface area contributed by atoms with Crippen LogP contribution in [0.3, 0.4) is 0 Å². The molecule has 0 bridgehead atoms. The molecule has 5 heteroatoms. The van der Waals surface area contributed by atoms with Crippen LogP contribution in [-0.4, -0.2) is 6.18 Å². The number of ether oxygens (including phenoxy) is 1. The Balaban J connectivity index is 1.69. The van der Waals surface area contributed by atoms with E-state index in [4.69, 9.17) is 4.74 Å². The maximum Gasteiger partial charge on any atom is 0.394 e. The molecule has 45 heavy (non-hydrogen) atoms. The van der Waals surface area contributed by atoms with E-state index in [1.54, 1.807) is 0 Å². The van der Waals surface area contributed by atoms with Crippen LogP contribution in [0.4, 0.5) is 13.2 Å². The fourth-order valence-electron chi connectivity index (χ4n) is 7.13. The van der Waals surface area contributed by atoms with Crippen LogP contribution in [0, 0.1) is 23.2 Å². The zero-order valence-corrected chi connectivity index (χ0v) is 28.3. The minimum absolute atomic E-state index is 0.00238. The molecule has 1 aliphatic heterocycles. The number of halogens is 3. The molecule has 0 spiro atoms. The van der Waals surface area contributed by atoms with Crippen molar-refractivity contribution in [2.24, 2.45) is 23.3 Å². The molecule has 0 radical (unpaired) electrons. The molecule has 6 rings (SSSR count). The van der Waals surface area contributed by atoms with E-state index in [2.05, 4.69) is 90.5 Å². The molecule has 0 amide bonds. The van der Waals surface area contributed by atoms with Gasteiger partial charge in [-0.2, -0.15) is 13.2 Å². The van der Waals surface area contributed by atoms with Crippen LogP contribution in [0.2, 0.25) is 0 Å². The van der Waals surface area contributed by atoms with Crippen LogP contribution in [0.5, 0.6) is 11.5 Å². The van der Waals surface area contributed by atoms with Crippen molar-refractivity contribution in [1.82, 2.24) is 0 Å². The van der Waals surface area contributed by atoms with Gasteiger partial charge in [-0.1, -0.05) is 91.8 Å². The number of fused-ring (bicyclic) bond motifs is 5. The zero-order valence-electron chi connectivity index (χ0n) is 28.3. The average molecular weight is 613 g/mol. The lowest BCUT2D eigenvalue weighted by molar-refractivity contribution is -0.659. The number of aromatic nitrogens is 1. The molecule has 236 valence electrons. The second-order valence-electron chi connectivity index (χ2n) is 16.3. The van der Waals surface area contributed by atoms with Crippen LogP contribution >= 0.6 is 0 Å². The fourth-order valence-corrected chi connectivity index (χ4v) is 7.13. The Kier molecular flexibility index (Phi) is 7.12. The van der Waals surface area contributed by atoms with E-state index in [1.807, 2.05) is 24.3 Å². The number of hydrogen-bond acceptors (Lipinski definition) is 1. The van der Waals surface area contributed by atoms with Crippen molar-refractivity contribution in [3.05, 3.63) is 77.0 Å². The molecule has 0 saturated carbocycles. The third-order valence-corrected chi connectivity index (χ3v) is 9.31. The zero-order chi connectivity index (χ0) is 32.9. The first-order chi connectivity index (χ1) is 20.8. The predicted molar refractivity (Wildman–Crippen MR) is 180 cm³/mol. The molecule has 0 unspecified atom stereocenters. The summed E-state index contributed by atoms with van der Waals surface area (Å²) in [6.07, 6.45) is -0.553. The summed E-state index contributed by atoms with van der Waals surface area (Å²) in [4.78, 5) is 0. The maximum atomic E-state index is 14.0. The van der Waals surface area contributed by atoms with Gasteiger partial charge in [-0.25, -0.2) is 4.57 Å². The van der Waals surface area contributed by atoms with E-state index >= 15 is 0 Å². The topological polar surface area (TPSA) is 13.1 Å². The standard InChI is InChI=1S/C40H45F3NO/c1-23-29-18-24(20-37(2,3)4)14-15-27(29)31(22-38(5,6)7)36-33(23)35-34-28(16-17-44(35)10)26-13-11-12-25(30(26)19-32(34)45-36)21-39(8,9)40(41,42)43/h11-19H,20-22H2,1-10H3/q+1. The Morgan fingerprint density at radius 2 is 1.40 bits per heavy atom. The molecule has 0 saturated heterocycles. The lowest BCUT2D eigenvalue weighted by atomic mass is 9.80. The summed E-state index contributed by atoms with van der Waals surface area (Å²) >= 11 is 0. The molecule has 4 aromatic carbocycles. The van der Waals surface area contributed by atoms with Gasteiger partial charge in [0.25, 0.3) is 0 Å². The number of nitrogens with zero attached hydrogens (tertiary/aromatic N) is 1. The first-order valence-electron chi connectivity index (χ1n) is 16.0. The third kappa shape index (κ3) is 5.47. The SMILES string of the molecule is Cc1c2c(c(CC(C)(C)C)c3ccc(CC(C)(C)C)cc13)Oc1cc3c(CC(C)(C)C(F)(F)F)cccc3c3cc[n+](C)c-2c13. The number of alkyl halides is 3. The van der Waals surface area contributed by atoms with Crippen LogP contribution in [0.1, 0.15) is 77.6 Å². The first kappa shape index (κ1) is 31.4. The largest absolute Gasteiger partial charge is 0.455 e. The van der Waals surface area contributed by atoms with E-state index in [0.29, 0.717) is 11.3 Å². The van der Waals surface area contributed by atoms with Crippen molar-refractivity contribution in [3.63, 3.8) is 0 Å². The van der Waals surface area contributed by atoms with Crippen molar-refractivity contribution in [2.45, 2.75) is 87.8 Å². The smallest absolute Gasteiger partial charge is 0.394 e. The van der Waals surface area contributed by atoms with Gasteiger partial charge >= 0.3 is 6.18 Å². The molecule has 0 atom stereocenters. The summed E-state index contributed by atoms with van der Waals surface area (Å²) in [6, 6.07) is 16.7. The van der Waals surface area contributed by atoms with E-state index in [0.717, 1.165) is 51.4 Å². The summed E-state index contributed by atoms with van der Waals surface area (Å²) in [7, 11) is 2.07. The molecule has 2 nitrogen and oxygen atoms in total. The van der Waals surface area contributed by atoms with Gasteiger partial charge in [-0.15, -0.1) is 0 Å². The molecule has 0 N–H and O–H groups in total. The number of benzene rings is 4. The van der Waals surface area contributed by atoms with Gasteiger partial charge in [0.1, 0.15) is 18.5 Å². The van der Waals surface area contributed by atoms with Gasteiger partial charge in [-0.05, 0) is 81.3 Å². The van der Waals surface area contributed by atoms with Gasteiger partial charge in [0.2, 0.25) is 5.69 Å². The fraction of sp³-hybridized carbons (Fsp3) is 0.425.